The third kappa shape index (κ3) is 4.88. The van der Waals surface area contributed by atoms with Gasteiger partial charge in [0.15, 0.2) is 5.16 Å². The van der Waals surface area contributed by atoms with Crippen molar-refractivity contribution in [2.45, 2.75) is 82.8 Å². The molecule has 2 aromatic heterocycles. The Morgan fingerprint density at radius 2 is 2.00 bits per heavy atom. The van der Waals surface area contributed by atoms with Crippen LogP contribution in [0.1, 0.15) is 84.9 Å². The van der Waals surface area contributed by atoms with Gasteiger partial charge in [-0.05, 0) is 50.5 Å². The fourth-order valence-corrected chi connectivity index (χ4v) is 7.04. The van der Waals surface area contributed by atoms with E-state index < -0.39 is 0 Å². The molecule has 1 saturated carbocycles. The van der Waals surface area contributed by atoms with Gasteiger partial charge in [-0.1, -0.05) is 37.9 Å². The van der Waals surface area contributed by atoms with Gasteiger partial charge in [-0.2, -0.15) is 0 Å². The summed E-state index contributed by atoms with van der Waals surface area (Å²) in [5, 5.41) is 13.2. The first-order valence-corrected chi connectivity index (χ1v) is 13.4. The van der Waals surface area contributed by atoms with E-state index in [1.807, 2.05) is 0 Å². The maximum Gasteiger partial charge on any atom is 0.341 e. The smallest absolute Gasteiger partial charge is 0.341 e. The second-order valence-corrected chi connectivity index (χ2v) is 10.9. The number of nitrogens with zero attached hydrogens (tertiary/aromatic N) is 3. The van der Waals surface area contributed by atoms with E-state index in [-0.39, 0.29) is 17.6 Å². The van der Waals surface area contributed by atoms with Gasteiger partial charge in [0.2, 0.25) is 5.91 Å². The predicted octanol–water partition coefficient (Wildman–Crippen LogP) is 5.05. The highest BCUT2D eigenvalue weighted by Gasteiger charge is 2.29. The zero-order valence-electron chi connectivity index (χ0n) is 19.1. The molecule has 32 heavy (non-hydrogen) atoms. The van der Waals surface area contributed by atoms with Gasteiger partial charge in [-0.15, -0.1) is 21.5 Å². The standard InChI is InChI=1S/C23H32N4O3S2/c1-4-27-20(15-8-6-5-7-9-15)25-26-23(27)31-13-18(28)24-21-19(22(29)30-3)16-11-10-14(2)12-17(16)32-21/h14-15H,4-13H2,1-3H3,(H,24,28). The second-order valence-electron chi connectivity index (χ2n) is 8.80. The van der Waals surface area contributed by atoms with Crippen LogP contribution in [-0.4, -0.2) is 39.5 Å². The van der Waals surface area contributed by atoms with Crippen molar-refractivity contribution in [1.82, 2.24) is 14.8 Å². The molecule has 1 atom stereocenters. The summed E-state index contributed by atoms with van der Waals surface area (Å²) >= 11 is 2.92. The Morgan fingerprint density at radius 3 is 2.72 bits per heavy atom. The zero-order valence-corrected chi connectivity index (χ0v) is 20.7. The summed E-state index contributed by atoms with van der Waals surface area (Å²) in [6.45, 7) is 5.12. The monoisotopic (exact) mass is 476 g/mol. The lowest BCUT2D eigenvalue weighted by Crippen LogP contribution is -2.17. The van der Waals surface area contributed by atoms with E-state index >= 15 is 0 Å². The molecule has 9 heteroatoms. The largest absolute Gasteiger partial charge is 0.465 e. The number of thiophene rings is 1. The van der Waals surface area contributed by atoms with Crippen LogP contribution in [0.25, 0.3) is 0 Å². The highest BCUT2D eigenvalue weighted by molar-refractivity contribution is 7.99. The first kappa shape index (κ1) is 23.3. The van der Waals surface area contributed by atoms with Crippen LogP contribution in [0.15, 0.2) is 5.16 Å². The third-order valence-corrected chi connectivity index (χ3v) is 8.66. The summed E-state index contributed by atoms with van der Waals surface area (Å²) in [5.41, 5.74) is 1.58. The van der Waals surface area contributed by atoms with Gasteiger partial charge in [0.25, 0.3) is 0 Å². The van der Waals surface area contributed by atoms with E-state index in [4.69, 9.17) is 4.74 Å². The Bertz CT molecular complexity index is 978. The van der Waals surface area contributed by atoms with Gasteiger partial charge in [0, 0.05) is 17.3 Å². The summed E-state index contributed by atoms with van der Waals surface area (Å²) in [5.74, 6) is 1.83. The number of aromatic nitrogens is 3. The van der Waals surface area contributed by atoms with Gasteiger partial charge in [-0.25, -0.2) is 4.79 Å². The van der Waals surface area contributed by atoms with Gasteiger partial charge in [-0.3, -0.25) is 4.79 Å². The van der Waals surface area contributed by atoms with Crippen LogP contribution < -0.4 is 5.32 Å². The van der Waals surface area contributed by atoms with Crippen LogP contribution in [0.2, 0.25) is 0 Å². The molecule has 1 fully saturated rings. The number of esters is 1. The van der Waals surface area contributed by atoms with Crippen molar-refractivity contribution in [1.29, 1.82) is 0 Å². The first-order valence-electron chi connectivity index (χ1n) is 11.6. The van der Waals surface area contributed by atoms with E-state index in [2.05, 4.69) is 33.9 Å². The normalized spacial score (nSPS) is 18.9. The number of hydrogen-bond acceptors (Lipinski definition) is 7. The van der Waals surface area contributed by atoms with Crippen molar-refractivity contribution in [3.05, 3.63) is 21.8 Å². The number of rotatable bonds is 7. The Hall–Kier alpha value is -1.87. The molecule has 0 saturated heterocycles. The summed E-state index contributed by atoms with van der Waals surface area (Å²) in [7, 11) is 1.39. The molecule has 2 aliphatic rings. The van der Waals surface area contributed by atoms with Crippen LogP contribution in [0.4, 0.5) is 5.00 Å². The number of hydrogen-bond donors (Lipinski definition) is 1. The number of anilines is 1. The SMILES string of the molecule is CCn1c(SCC(=O)Nc2sc3c(c2C(=O)OC)CCC(C)C3)nnc1C1CCCCC1. The van der Waals surface area contributed by atoms with Gasteiger partial charge < -0.3 is 14.6 Å². The number of nitrogens with one attached hydrogen (secondary N) is 1. The fraction of sp³-hybridized carbons (Fsp3) is 0.652. The summed E-state index contributed by atoms with van der Waals surface area (Å²) in [6, 6.07) is 0. The summed E-state index contributed by atoms with van der Waals surface area (Å²) < 4.78 is 7.17. The Morgan fingerprint density at radius 1 is 1.22 bits per heavy atom. The quantitative estimate of drug-likeness (QED) is 0.445. The molecule has 2 heterocycles. The third-order valence-electron chi connectivity index (χ3n) is 6.52. The zero-order chi connectivity index (χ0) is 22.7. The lowest BCUT2D eigenvalue weighted by atomic mass is 9.88. The molecular formula is C23H32N4O3S2. The fourth-order valence-electron chi connectivity index (χ4n) is 4.82. The lowest BCUT2D eigenvalue weighted by molar-refractivity contribution is -0.113. The number of thioether (sulfide) groups is 1. The Labute approximate surface area is 197 Å². The molecule has 1 N–H and O–H groups in total. The van der Waals surface area contributed by atoms with Crippen molar-refractivity contribution >= 4 is 40.0 Å². The second kappa shape index (κ2) is 10.4. The van der Waals surface area contributed by atoms with E-state index in [1.54, 1.807) is 0 Å². The maximum atomic E-state index is 12.8. The molecule has 1 unspecified atom stereocenters. The van der Waals surface area contributed by atoms with E-state index in [9.17, 15) is 9.59 Å². The highest BCUT2D eigenvalue weighted by atomic mass is 32.2. The minimum Gasteiger partial charge on any atom is -0.465 e. The molecule has 0 aliphatic heterocycles. The summed E-state index contributed by atoms with van der Waals surface area (Å²) in [4.78, 5) is 26.4. The van der Waals surface area contributed by atoms with Crippen molar-refractivity contribution in [3.63, 3.8) is 0 Å². The van der Waals surface area contributed by atoms with E-state index in [0.29, 0.717) is 22.4 Å². The minimum atomic E-state index is -0.372. The molecule has 174 valence electrons. The molecule has 0 spiro atoms. The average Bonchev–Trinajstić information content (AvgIpc) is 3.37. The van der Waals surface area contributed by atoms with Crippen molar-refractivity contribution in [3.8, 4) is 0 Å². The number of fused-ring (bicyclic) bond motifs is 1. The van der Waals surface area contributed by atoms with Crippen molar-refractivity contribution in [2.75, 3.05) is 18.2 Å². The van der Waals surface area contributed by atoms with Gasteiger partial charge >= 0.3 is 5.97 Å². The Kier molecular flexibility index (Phi) is 7.55. The molecule has 2 aliphatic carbocycles. The van der Waals surface area contributed by atoms with Crippen LogP contribution in [0, 0.1) is 5.92 Å². The highest BCUT2D eigenvalue weighted by Crippen LogP contribution is 2.40. The van der Waals surface area contributed by atoms with Crippen LogP contribution in [0.3, 0.4) is 0 Å². The topological polar surface area (TPSA) is 86.1 Å². The predicted molar refractivity (Wildman–Crippen MR) is 128 cm³/mol. The van der Waals surface area contributed by atoms with E-state index in [0.717, 1.165) is 42.4 Å². The number of ether oxygens (including phenoxy) is 1. The molecule has 7 nitrogen and oxygen atoms in total. The Balaban J connectivity index is 1.45. The van der Waals surface area contributed by atoms with E-state index in [1.165, 1.54) is 67.2 Å². The number of carbonyl (C=O) groups is 2. The molecule has 0 bridgehead atoms. The lowest BCUT2D eigenvalue weighted by Gasteiger charge is -2.21. The summed E-state index contributed by atoms with van der Waals surface area (Å²) in [6.07, 6.45) is 8.98. The van der Waals surface area contributed by atoms with Gasteiger partial charge in [0.1, 0.15) is 10.8 Å². The number of amides is 1. The molecule has 0 radical (unpaired) electrons. The maximum absolute atomic E-state index is 12.8. The molecule has 4 rings (SSSR count). The number of carbonyl (C=O) groups excluding carboxylic acids is 2. The van der Waals surface area contributed by atoms with Crippen LogP contribution in [-0.2, 0) is 28.9 Å². The van der Waals surface area contributed by atoms with Gasteiger partial charge in [0.05, 0.1) is 18.4 Å². The molecule has 1 amide bonds. The van der Waals surface area contributed by atoms with Crippen molar-refractivity contribution in [2.24, 2.45) is 5.92 Å². The minimum absolute atomic E-state index is 0.142. The average molecular weight is 477 g/mol. The van der Waals surface area contributed by atoms with Crippen molar-refractivity contribution < 1.29 is 14.3 Å². The van der Waals surface area contributed by atoms with Crippen LogP contribution >= 0.6 is 23.1 Å². The van der Waals surface area contributed by atoms with Crippen LogP contribution in [0.5, 0.6) is 0 Å². The molecular weight excluding hydrogens is 444 g/mol. The first-order chi connectivity index (χ1) is 15.5. The number of methoxy groups -OCH3 is 1. The molecule has 2 aromatic rings. The molecule has 0 aromatic carbocycles.